The van der Waals surface area contributed by atoms with Crippen LogP contribution in [0.1, 0.15) is 51.9 Å². The van der Waals surface area contributed by atoms with Crippen molar-refractivity contribution < 1.29 is 0 Å². The number of pyridine rings is 1. The van der Waals surface area contributed by atoms with Crippen molar-refractivity contribution in [3.8, 4) is 0 Å². The van der Waals surface area contributed by atoms with Gasteiger partial charge in [0.2, 0.25) is 0 Å². The summed E-state index contributed by atoms with van der Waals surface area (Å²) in [5.74, 6) is 1.28. The van der Waals surface area contributed by atoms with Gasteiger partial charge in [-0.25, -0.2) is 9.50 Å². The second-order valence-electron chi connectivity index (χ2n) is 5.60. The van der Waals surface area contributed by atoms with Crippen LogP contribution in [0.25, 0.3) is 5.65 Å². The Morgan fingerprint density at radius 1 is 1.19 bits per heavy atom. The van der Waals surface area contributed by atoms with Crippen LogP contribution in [-0.4, -0.2) is 14.6 Å². The van der Waals surface area contributed by atoms with E-state index in [1.165, 1.54) is 5.56 Å². The Kier molecular flexibility index (Phi) is 2.49. The molecule has 0 saturated heterocycles. The van der Waals surface area contributed by atoms with Gasteiger partial charge in [0.15, 0.2) is 11.5 Å². The van der Waals surface area contributed by atoms with Gasteiger partial charge in [0.25, 0.3) is 0 Å². The number of aromatic nitrogens is 3. The van der Waals surface area contributed by atoms with Crippen molar-refractivity contribution in [2.75, 3.05) is 0 Å². The van der Waals surface area contributed by atoms with E-state index in [-0.39, 0.29) is 5.41 Å². The Morgan fingerprint density at radius 2 is 1.88 bits per heavy atom. The summed E-state index contributed by atoms with van der Waals surface area (Å²) in [5.41, 5.74) is 2.36. The third-order valence-electron chi connectivity index (χ3n) is 2.73. The second kappa shape index (κ2) is 3.58. The van der Waals surface area contributed by atoms with Crippen LogP contribution in [0.2, 0.25) is 0 Å². The lowest BCUT2D eigenvalue weighted by Crippen LogP contribution is -2.12. The van der Waals surface area contributed by atoms with Gasteiger partial charge in [-0.1, -0.05) is 40.7 Å². The Morgan fingerprint density at radius 3 is 2.44 bits per heavy atom. The van der Waals surface area contributed by atoms with Gasteiger partial charge in [-0.3, -0.25) is 0 Å². The summed E-state index contributed by atoms with van der Waals surface area (Å²) in [6.07, 6.45) is 2.08. The molecule has 0 unspecified atom stereocenters. The minimum atomic E-state index is 0.151. The Labute approximate surface area is 96.5 Å². The predicted octanol–water partition coefficient (Wildman–Crippen LogP) is 3.15. The normalized spacial score (nSPS) is 12.6. The van der Waals surface area contributed by atoms with Crippen molar-refractivity contribution in [2.45, 2.75) is 46.0 Å². The molecule has 0 N–H and O–H groups in total. The minimum Gasteiger partial charge on any atom is -0.221 e. The summed E-state index contributed by atoms with van der Waals surface area (Å²) in [7, 11) is 0. The molecule has 2 aromatic heterocycles. The summed E-state index contributed by atoms with van der Waals surface area (Å²) < 4.78 is 1.88. The molecule has 0 fully saturated rings. The highest BCUT2D eigenvalue weighted by atomic mass is 15.3. The molecule has 0 amide bonds. The highest BCUT2D eigenvalue weighted by Crippen LogP contribution is 2.22. The molecule has 0 bridgehead atoms. The van der Waals surface area contributed by atoms with Gasteiger partial charge in [0, 0.05) is 12.1 Å². The molecule has 0 spiro atoms. The van der Waals surface area contributed by atoms with E-state index >= 15 is 0 Å². The monoisotopic (exact) mass is 217 g/mol. The number of fused-ring (bicyclic) bond motifs is 1. The molecule has 2 rings (SSSR count). The first-order chi connectivity index (χ1) is 7.38. The maximum absolute atomic E-state index is 4.49. The van der Waals surface area contributed by atoms with Crippen LogP contribution in [0.5, 0.6) is 0 Å². The summed E-state index contributed by atoms with van der Waals surface area (Å²) in [6.45, 7) is 10.8. The smallest absolute Gasteiger partial charge is 0.155 e. The molecular weight excluding hydrogens is 198 g/mol. The fraction of sp³-hybridized carbons (Fsp3) is 0.538. The fourth-order valence-corrected chi connectivity index (χ4v) is 1.59. The molecule has 0 aliphatic heterocycles. The predicted molar refractivity (Wildman–Crippen MR) is 65.8 cm³/mol. The SMILES string of the molecule is CC(C)c1nc2ccc(C(C)(C)C)cn2n1. The van der Waals surface area contributed by atoms with Gasteiger partial charge in [0.1, 0.15) is 0 Å². The van der Waals surface area contributed by atoms with Crippen LogP contribution in [0.15, 0.2) is 18.3 Å². The lowest BCUT2D eigenvalue weighted by atomic mass is 9.88. The van der Waals surface area contributed by atoms with Gasteiger partial charge in [-0.05, 0) is 17.0 Å². The zero-order valence-corrected chi connectivity index (χ0v) is 10.7. The van der Waals surface area contributed by atoms with Crippen molar-refractivity contribution in [2.24, 2.45) is 0 Å². The standard InChI is InChI=1S/C13H19N3/c1-9(2)12-14-11-7-6-10(13(3,4)5)8-16(11)15-12/h6-9H,1-5H3. The molecule has 0 atom stereocenters. The maximum Gasteiger partial charge on any atom is 0.155 e. The van der Waals surface area contributed by atoms with Crippen molar-refractivity contribution in [1.29, 1.82) is 0 Å². The molecule has 16 heavy (non-hydrogen) atoms. The summed E-state index contributed by atoms with van der Waals surface area (Å²) in [5, 5.41) is 4.49. The average Bonchev–Trinajstić information content (AvgIpc) is 2.58. The van der Waals surface area contributed by atoms with Crippen LogP contribution >= 0.6 is 0 Å². The van der Waals surface area contributed by atoms with Gasteiger partial charge in [-0.15, -0.1) is 0 Å². The van der Waals surface area contributed by atoms with Crippen molar-refractivity contribution in [3.05, 3.63) is 29.7 Å². The lowest BCUT2D eigenvalue weighted by molar-refractivity contribution is 0.584. The van der Waals surface area contributed by atoms with Crippen LogP contribution < -0.4 is 0 Å². The van der Waals surface area contributed by atoms with E-state index in [2.05, 4.69) is 57.0 Å². The first kappa shape index (κ1) is 11.1. The highest BCUT2D eigenvalue weighted by molar-refractivity contribution is 5.40. The lowest BCUT2D eigenvalue weighted by Gasteiger charge is -2.18. The van der Waals surface area contributed by atoms with E-state index in [1.54, 1.807) is 0 Å². The van der Waals surface area contributed by atoms with Gasteiger partial charge in [0.05, 0.1) is 0 Å². The van der Waals surface area contributed by atoms with E-state index in [4.69, 9.17) is 0 Å². The Hall–Kier alpha value is -1.38. The molecule has 0 aromatic carbocycles. The molecule has 0 saturated carbocycles. The molecule has 2 aromatic rings. The summed E-state index contributed by atoms with van der Waals surface area (Å²) in [6, 6.07) is 4.17. The van der Waals surface area contributed by atoms with Gasteiger partial charge >= 0.3 is 0 Å². The zero-order chi connectivity index (χ0) is 11.9. The molecule has 0 aliphatic carbocycles. The first-order valence-electron chi connectivity index (χ1n) is 5.75. The number of hydrogen-bond donors (Lipinski definition) is 0. The largest absolute Gasteiger partial charge is 0.221 e. The van der Waals surface area contributed by atoms with Gasteiger partial charge < -0.3 is 0 Å². The minimum absolute atomic E-state index is 0.151. The summed E-state index contributed by atoms with van der Waals surface area (Å²) >= 11 is 0. The van der Waals surface area contributed by atoms with Crippen LogP contribution in [-0.2, 0) is 5.41 Å². The Balaban J connectivity index is 2.54. The molecule has 3 heteroatoms. The number of nitrogens with zero attached hydrogens (tertiary/aromatic N) is 3. The van der Waals surface area contributed by atoms with Crippen LogP contribution in [0, 0.1) is 0 Å². The molecular formula is C13H19N3. The van der Waals surface area contributed by atoms with E-state index in [1.807, 2.05) is 10.6 Å². The van der Waals surface area contributed by atoms with Crippen molar-refractivity contribution in [1.82, 2.24) is 14.6 Å². The summed E-state index contributed by atoms with van der Waals surface area (Å²) in [4.78, 5) is 4.49. The molecule has 0 aliphatic rings. The van der Waals surface area contributed by atoms with Crippen LogP contribution in [0.4, 0.5) is 0 Å². The fourth-order valence-electron chi connectivity index (χ4n) is 1.59. The third-order valence-corrected chi connectivity index (χ3v) is 2.73. The molecule has 3 nitrogen and oxygen atoms in total. The van der Waals surface area contributed by atoms with Crippen LogP contribution in [0.3, 0.4) is 0 Å². The van der Waals surface area contributed by atoms with Gasteiger partial charge in [-0.2, -0.15) is 5.10 Å². The van der Waals surface area contributed by atoms with Crippen molar-refractivity contribution >= 4 is 5.65 Å². The first-order valence-corrected chi connectivity index (χ1v) is 5.75. The zero-order valence-electron chi connectivity index (χ0n) is 10.7. The quantitative estimate of drug-likeness (QED) is 0.734. The topological polar surface area (TPSA) is 30.2 Å². The van der Waals surface area contributed by atoms with E-state index in [0.717, 1.165) is 11.5 Å². The Bertz CT molecular complexity index is 503. The highest BCUT2D eigenvalue weighted by Gasteiger charge is 2.15. The third kappa shape index (κ3) is 1.94. The van der Waals surface area contributed by atoms with Crippen molar-refractivity contribution in [3.63, 3.8) is 0 Å². The van der Waals surface area contributed by atoms with E-state index < -0.39 is 0 Å². The second-order valence-corrected chi connectivity index (χ2v) is 5.60. The molecule has 86 valence electrons. The maximum atomic E-state index is 4.49. The average molecular weight is 217 g/mol. The number of hydrogen-bond acceptors (Lipinski definition) is 2. The molecule has 0 radical (unpaired) electrons. The molecule has 2 heterocycles. The van der Waals surface area contributed by atoms with E-state index in [0.29, 0.717) is 5.92 Å². The van der Waals surface area contributed by atoms with E-state index in [9.17, 15) is 0 Å². The number of rotatable bonds is 1.